The minimum absolute atomic E-state index is 0.00299. The Hall–Kier alpha value is -2.02. The van der Waals surface area contributed by atoms with Crippen LogP contribution in [-0.4, -0.2) is 35.1 Å². The Morgan fingerprint density at radius 3 is 2.76 bits per heavy atom. The molecule has 0 aliphatic carbocycles. The van der Waals surface area contributed by atoms with Crippen molar-refractivity contribution in [1.29, 1.82) is 0 Å². The highest BCUT2D eigenvalue weighted by molar-refractivity contribution is 6.29. The van der Waals surface area contributed by atoms with Crippen molar-refractivity contribution < 1.29 is 19.4 Å². The van der Waals surface area contributed by atoms with Crippen molar-refractivity contribution in [2.45, 2.75) is 0 Å². The molecule has 3 N–H and O–H groups in total. The third-order valence-electron chi connectivity index (χ3n) is 1.72. The molecule has 1 heterocycles. The number of alkyl halides is 1. The summed E-state index contributed by atoms with van der Waals surface area (Å²) in [5.41, 5.74) is 0.178. The molecule has 0 spiro atoms. The van der Waals surface area contributed by atoms with Gasteiger partial charge in [-0.15, -0.1) is 11.6 Å². The number of carbonyl (C=O) groups is 2. The number of nitrogens with zero attached hydrogens (tertiary/aromatic N) is 1. The van der Waals surface area contributed by atoms with Gasteiger partial charge >= 0.3 is 6.09 Å². The minimum Gasteiger partial charge on any atom is -0.495 e. The number of hydrogen-bond donors (Lipinski definition) is 3. The number of aromatic nitrogens is 1. The van der Waals surface area contributed by atoms with Crippen LogP contribution in [0.25, 0.3) is 0 Å². The molecule has 1 aromatic heterocycles. The fourth-order valence-corrected chi connectivity index (χ4v) is 1.10. The topological polar surface area (TPSA) is 101 Å². The van der Waals surface area contributed by atoms with Crippen LogP contribution in [0.4, 0.5) is 16.3 Å². The van der Waals surface area contributed by atoms with Gasteiger partial charge in [-0.2, -0.15) is 0 Å². The predicted octanol–water partition coefficient (Wildman–Crippen LogP) is 1.36. The standard InChI is InChI=1S/C9H10ClN3O4/c1-17-5-2-6(12-7(14)3-10)8(11-4-5)13-9(15)16/h2,4H,3H2,1H3,(H,11,13)(H,12,14)(H,15,16). The number of amides is 2. The maximum Gasteiger partial charge on any atom is 0.410 e. The zero-order valence-electron chi connectivity index (χ0n) is 8.86. The van der Waals surface area contributed by atoms with Crippen molar-refractivity contribution in [1.82, 2.24) is 4.98 Å². The number of nitrogens with one attached hydrogen (secondary N) is 2. The average Bonchev–Trinajstić information content (AvgIpc) is 2.30. The summed E-state index contributed by atoms with van der Waals surface area (Å²) in [6.07, 6.45) is 0.0331. The maximum atomic E-state index is 11.1. The van der Waals surface area contributed by atoms with Crippen molar-refractivity contribution in [3.63, 3.8) is 0 Å². The molecule has 8 heteroatoms. The summed E-state index contributed by atoms with van der Waals surface area (Å²) in [7, 11) is 1.43. The molecule has 1 rings (SSSR count). The van der Waals surface area contributed by atoms with E-state index in [-0.39, 0.29) is 17.4 Å². The molecule has 92 valence electrons. The molecule has 17 heavy (non-hydrogen) atoms. The fraction of sp³-hybridized carbons (Fsp3) is 0.222. The van der Waals surface area contributed by atoms with Crippen molar-refractivity contribution in [2.75, 3.05) is 23.6 Å². The van der Waals surface area contributed by atoms with Gasteiger partial charge in [-0.05, 0) is 0 Å². The van der Waals surface area contributed by atoms with Gasteiger partial charge in [-0.3, -0.25) is 10.1 Å². The molecule has 0 saturated carbocycles. The van der Waals surface area contributed by atoms with E-state index in [1.54, 1.807) is 0 Å². The molecule has 0 radical (unpaired) electrons. The Kier molecular flexibility index (Phi) is 4.53. The number of ether oxygens (including phenoxy) is 1. The predicted molar refractivity (Wildman–Crippen MR) is 61.8 cm³/mol. The highest BCUT2D eigenvalue weighted by Gasteiger charge is 2.11. The van der Waals surface area contributed by atoms with E-state index in [0.717, 1.165) is 0 Å². The van der Waals surface area contributed by atoms with Gasteiger partial charge in [-0.25, -0.2) is 9.78 Å². The smallest absolute Gasteiger partial charge is 0.410 e. The fourth-order valence-electron chi connectivity index (χ4n) is 1.04. The zero-order valence-corrected chi connectivity index (χ0v) is 9.61. The van der Waals surface area contributed by atoms with Crippen LogP contribution < -0.4 is 15.4 Å². The molecule has 0 atom stereocenters. The van der Waals surface area contributed by atoms with Crippen LogP contribution in [0, 0.1) is 0 Å². The number of pyridine rings is 1. The number of halogens is 1. The minimum atomic E-state index is -1.29. The normalized spacial score (nSPS) is 9.53. The van der Waals surface area contributed by atoms with E-state index in [2.05, 4.69) is 10.3 Å². The van der Waals surface area contributed by atoms with E-state index < -0.39 is 12.0 Å². The average molecular weight is 260 g/mol. The quantitative estimate of drug-likeness (QED) is 0.709. The number of carbonyl (C=O) groups excluding carboxylic acids is 1. The molecule has 0 unspecified atom stereocenters. The van der Waals surface area contributed by atoms with Crippen LogP contribution in [0.15, 0.2) is 12.3 Å². The first kappa shape index (κ1) is 13.0. The number of methoxy groups -OCH3 is 1. The SMILES string of the molecule is COc1cnc(NC(=O)O)c(NC(=O)CCl)c1. The van der Waals surface area contributed by atoms with E-state index >= 15 is 0 Å². The van der Waals surface area contributed by atoms with Crippen LogP contribution in [-0.2, 0) is 4.79 Å². The largest absolute Gasteiger partial charge is 0.495 e. The number of anilines is 2. The zero-order chi connectivity index (χ0) is 12.8. The third-order valence-corrected chi connectivity index (χ3v) is 1.96. The molecular formula is C9H10ClN3O4. The summed E-state index contributed by atoms with van der Waals surface area (Å²) in [6, 6.07) is 1.43. The maximum absolute atomic E-state index is 11.1. The summed E-state index contributed by atoms with van der Waals surface area (Å²) in [5.74, 6) is -0.346. The van der Waals surface area contributed by atoms with Gasteiger partial charge < -0.3 is 15.2 Å². The monoisotopic (exact) mass is 259 g/mol. The van der Waals surface area contributed by atoms with E-state index in [4.69, 9.17) is 21.4 Å². The first-order valence-corrected chi connectivity index (χ1v) is 5.00. The van der Waals surface area contributed by atoms with Gasteiger partial charge in [0.2, 0.25) is 5.91 Å². The van der Waals surface area contributed by atoms with Crippen LogP contribution in [0.1, 0.15) is 0 Å². The van der Waals surface area contributed by atoms with Gasteiger partial charge in [0.15, 0.2) is 5.82 Å². The van der Waals surface area contributed by atoms with E-state index in [1.165, 1.54) is 19.4 Å². The summed E-state index contributed by atoms with van der Waals surface area (Å²) in [5, 5.41) is 13.0. The van der Waals surface area contributed by atoms with Crippen LogP contribution in [0.5, 0.6) is 5.75 Å². The number of hydrogen-bond acceptors (Lipinski definition) is 4. The summed E-state index contributed by atoms with van der Waals surface area (Å²) in [6.45, 7) is 0. The first-order valence-electron chi connectivity index (χ1n) is 4.46. The van der Waals surface area contributed by atoms with Crippen LogP contribution >= 0.6 is 11.6 Å². The highest BCUT2D eigenvalue weighted by atomic mass is 35.5. The van der Waals surface area contributed by atoms with Crippen molar-refractivity contribution in [2.24, 2.45) is 0 Å². The van der Waals surface area contributed by atoms with Crippen molar-refractivity contribution in [3.8, 4) is 5.75 Å². The second-order valence-corrected chi connectivity index (χ2v) is 3.15. The van der Waals surface area contributed by atoms with Gasteiger partial charge in [0.1, 0.15) is 11.6 Å². The molecule has 2 amide bonds. The highest BCUT2D eigenvalue weighted by Crippen LogP contribution is 2.24. The lowest BCUT2D eigenvalue weighted by molar-refractivity contribution is -0.113. The van der Waals surface area contributed by atoms with Gasteiger partial charge in [0, 0.05) is 6.07 Å². The second-order valence-electron chi connectivity index (χ2n) is 2.88. The van der Waals surface area contributed by atoms with Crippen LogP contribution in [0.2, 0.25) is 0 Å². The number of rotatable bonds is 4. The molecule has 0 aliphatic rings. The second kappa shape index (κ2) is 5.90. The van der Waals surface area contributed by atoms with Gasteiger partial charge in [-0.1, -0.05) is 0 Å². The Balaban J connectivity index is 3.02. The van der Waals surface area contributed by atoms with E-state index in [9.17, 15) is 9.59 Å². The molecule has 0 bridgehead atoms. The molecular weight excluding hydrogens is 250 g/mol. The lowest BCUT2D eigenvalue weighted by Gasteiger charge is -2.10. The Morgan fingerprint density at radius 2 is 2.24 bits per heavy atom. The summed E-state index contributed by atoms with van der Waals surface area (Å²) >= 11 is 5.33. The third kappa shape index (κ3) is 3.80. The molecule has 7 nitrogen and oxygen atoms in total. The van der Waals surface area contributed by atoms with Crippen molar-refractivity contribution >= 4 is 35.1 Å². The molecule has 1 aromatic rings. The number of carboxylic acid groups (broad SMARTS) is 1. The van der Waals surface area contributed by atoms with Gasteiger partial charge in [0.05, 0.1) is 19.0 Å². The lowest BCUT2D eigenvalue weighted by atomic mass is 10.3. The Morgan fingerprint density at radius 1 is 1.53 bits per heavy atom. The first-order chi connectivity index (χ1) is 8.06. The lowest BCUT2D eigenvalue weighted by Crippen LogP contribution is -2.17. The van der Waals surface area contributed by atoms with Crippen molar-refractivity contribution in [3.05, 3.63) is 12.3 Å². The van der Waals surface area contributed by atoms with E-state index in [1.807, 2.05) is 5.32 Å². The van der Waals surface area contributed by atoms with E-state index in [0.29, 0.717) is 5.75 Å². The molecule has 0 saturated heterocycles. The summed E-state index contributed by atoms with van der Waals surface area (Å²) < 4.78 is 4.91. The molecule has 0 aliphatic heterocycles. The Labute approximate surface area is 102 Å². The van der Waals surface area contributed by atoms with Gasteiger partial charge in [0.25, 0.3) is 0 Å². The van der Waals surface area contributed by atoms with Crippen LogP contribution in [0.3, 0.4) is 0 Å². The summed E-state index contributed by atoms with van der Waals surface area (Å²) in [4.78, 5) is 25.4. The molecule has 0 fully saturated rings. The molecule has 0 aromatic carbocycles. The Bertz CT molecular complexity index is 438.